The number of hydrogen-bond acceptors (Lipinski definition) is 7. The summed E-state index contributed by atoms with van der Waals surface area (Å²) in [7, 11) is 1.41. The molecule has 0 bridgehead atoms. The molecule has 4 rings (SSSR count). The topological polar surface area (TPSA) is 113 Å². The minimum atomic E-state index is -4.90. The zero-order valence-corrected chi connectivity index (χ0v) is 19.5. The number of aliphatic hydroxyl groups is 1. The molecule has 0 aliphatic carbocycles. The van der Waals surface area contributed by atoms with Crippen molar-refractivity contribution in [3.8, 4) is 17.5 Å². The lowest BCUT2D eigenvalue weighted by atomic mass is 10.3. The quantitative estimate of drug-likeness (QED) is 0.376. The summed E-state index contributed by atoms with van der Waals surface area (Å²) < 4.78 is 51.1. The fourth-order valence-corrected chi connectivity index (χ4v) is 3.72. The molecule has 0 aliphatic heterocycles. The number of benzene rings is 1. The summed E-state index contributed by atoms with van der Waals surface area (Å²) >= 11 is 6.07. The number of aliphatic hydroxyl groups excluding tert-OH is 1. The molecule has 0 amide bonds. The van der Waals surface area contributed by atoms with E-state index in [1.807, 2.05) is 0 Å². The number of nitrogens with zero attached hydrogens (tertiary/aromatic N) is 5. The Labute approximate surface area is 205 Å². The first-order valence-electron chi connectivity index (χ1n) is 10.5. The summed E-state index contributed by atoms with van der Waals surface area (Å²) in [6.07, 6.45) is -3.27. The Morgan fingerprint density at radius 2 is 1.86 bits per heavy atom. The maximum absolute atomic E-state index is 13.3. The van der Waals surface area contributed by atoms with Gasteiger partial charge < -0.3 is 14.6 Å². The van der Waals surface area contributed by atoms with Crippen molar-refractivity contribution in [2.75, 3.05) is 6.61 Å². The van der Waals surface area contributed by atoms with Gasteiger partial charge in [-0.15, -0.1) is 13.2 Å². The number of pyridine rings is 1. The molecule has 0 radical (unpaired) electrons. The molecule has 1 N–H and O–H groups in total. The first-order chi connectivity index (χ1) is 17.1. The highest BCUT2D eigenvalue weighted by Crippen LogP contribution is 2.30. The Kier molecular flexibility index (Phi) is 7.04. The van der Waals surface area contributed by atoms with Crippen molar-refractivity contribution >= 4 is 22.8 Å². The third-order valence-corrected chi connectivity index (χ3v) is 5.32. The molecule has 36 heavy (non-hydrogen) atoms. The molecule has 4 aromatic rings. The largest absolute Gasteiger partial charge is 0.573 e. The SMILES string of the molecule is Cn1c(=O)n(CCCO)c(=O)c2c1nc(Oc1cccc(OC(F)(F)F)c1)n2Cc1cc(Cl)ccn1. The van der Waals surface area contributed by atoms with Crippen LogP contribution in [0.3, 0.4) is 0 Å². The number of fused-ring (bicyclic) bond motifs is 1. The van der Waals surface area contributed by atoms with E-state index in [-0.39, 0.29) is 49.0 Å². The molecule has 0 aliphatic rings. The number of halogens is 4. The van der Waals surface area contributed by atoms with Gasteiger partial charge in [-0.2, -0.15) is 4.98 Å². The molecule has 0 spiro atoms. The van der Waals surface area contributed by atoms with Gasteiger partial charge >= 0.3 is 18.1 Å². The lowest BCUT2D eigenvalue weighted by molar-refractivity contribution is -0.274. The molecule has 0 unspecified atom stereocenters. The molecule has 1 aromatic carbocycles. The first kappa shape index (κ1) is 25.3. The van der Waals surface area contributed by atoms with Crippen LogP contribution in [0, 0.1) is 0 Å². The first-order valence-corrected chi connectivity index (χ1v) is 10.9. The van der Waals surface area contributed by atoms with Crippen LogP contribution in [0.25, 0.3) is 11.2 Å². The van der Waals surface area contributed by atoms with Crippen LogP contribution in [-0.4, -0.2) is 41.7 Å². The van der Waals surface area contributed by atoms with Gasteiger partial charge in [-0.3, -0.25) is 23.5 Å². The van der Waals surface area contributed by atoms with E-state index >= 15 is 0 Å². The predicted molar refractivity (Wildman–Crippen MR) is 122 cm³/mol. The summed E-state index contributed by atoms with van der Waals surface area (Å²) in [6, 6.07) is 7.72. The second-order valence-electron chi connectivity index (χ2n) is 7.62. The van der Waals surface area contributed by atoms with Crippen molar-refractivity contribution in [3.63, 3.8) is 0 Å². The van der Waals surface area contributed by atoms with Gasteiger partial charge in [0.2, 0.25) is 0 Å². The zero-order valence-electron chi connectivity index (χ0n) is 18.7. The van der Waals surface area contributed by atoms with Gasteiger partial charge in [-0.05, 0) is 30.7 Å². The number of hydrogen-bond donors (Lipinski definition) is 1. The van der Waals surface area contributed by atoms with Crippen molar-refractivity contribution in [2.24, 2.45) is 7.05 Å². The number of ether oxygens (including phenoxy) is 2. The average Bonchev–Trinajstić information content (AvgIpc) is 3.15. The smallest absolute Gasteiger partial charge is 0.425 e. The highest BCUT2D eigenvalue weighted by molar-refractivity contribution is 6.30. The van der Waals surface area contributed by atoms with Crippen LogP contribution in [-0.2, 0) is 20.1 Å². The summed E-state index contributed by atoms with van der Waals surface area (Å²) in [6.45, 7) is -0.325. The van der Waals surface area contributed by atoms with E-state index in [1.54, 1.807) is 12.1 Å². The van der Waals surface area contributed by atoms with Crippen LogP contribution in [0.4, 0.5) is 13.2 Å². The average molecular weight is 526 g/mol. The van der Waals surface area contributed by atoms with Crippen LogP contribution < -0.4 is 20.7 Å². The minimum Gasteiger partial charge on any atom is -0.425 e. The van der Waals surface area contributed by atoms with E-state index < -0.39 is 23.4 Å². The number of alkyl halides is 3. The van der Waals surface area contributed by atoms with Crippen molar-refractivity contribution in [3.05, 3.63) is 74.1 Å². The van der Waals surface area contributed by atoms with E-state index in [0.29, 0.717) is 10.7 Å². The van der Waals surface area contributed by atoms with E-state index in [1.165, 1.54) is 29.9 Å². The normalized spacial score (nSPS) is 11.7. The van der Waals surface area contributed by atoms with E-state index in [0.717, 1.165) is 21.3 Å². The standard InChI is InChI=1S/C22H19ClF3N5O5/c1-29-18-17(19(33)30(21(29)34)8-3-9-32)31(12-14-10-13(23)6-7-27-14)20(28-18)35-15-4-2-5-16(11-15)36-22(24,25)26/h2,4-7,10-11,32H,3,8-9,12H2,1H3. The number of aromatic nitrogens is 5. The van der Waals surface area contributed by atoms with Gasteiger partial charge in [0.25, 0.3) is 5.56 Å². The highest BCUT2D eigenvalue weighted by atomic mass is 35.5. The van der Waals surface area contributed by atoms with Crippen molar-refractivity contribution < 1.29 is 27.8 Å². The fourth-order valence-electron chi connectivity index (χ4n) is 3.54. The zero-order chi connectivity index (χ0) is 26.0. The van der Waals surface area contributed by atoms with Crippen LogP contribution in [0.2, 0.25) is 5.02 Å². The van der Waals surface area contributed by atoms with Gasteiger partial charge in [-0.25, -0.2) is 4.79 Å². The molecule has 3 heterocycles. The van der Waals surface area contributed by atoms with Crippen LogP contribution in [0.15, 0.2) is 52.2 Å². The summed E-state index contributed by atoms with van der Waals surface area (Å²) in [4.78, 5) is 34.6. The molecule has 0 saturated carbocycles. The fraction of sp³-hybridized carbons (Fsp3) is 0.273. The van der Waals surface area contributed by atoms with E-state index in [4.69, 9.17) is 21.4 Å². The van der Waals surface area contributed by atoms with Gasteiger partial charge in [0.15, 0.2) is 11.2 Å². The molecule has 190 valence electrons. The second kappa shape index (κ2) is 10.0. The van der Waals surface area contributed by atoms with Crippen molar-refractivity contribution in [1.29, 1.82) is 0 Å². The second-order valence-corrected chi connectivity index (χ2v) is 8.05. The number of rotatable bonds is 8. The van der Waals surface area contributed by atoms with E-state index in [9.17, 15) is 22.8 Å². The molecule has 0 fully saturated rings. The maximum atomic E-state index is 13.3. The molecule has 10 nitrogen and oxygen atoms in total. The Hall–Kier alpha value is -3.84. The maximum Gasteiger partial charge on any atom is 0.573 e. The van der Waals surface area contributed by atoms with Gasteiger partial charge in [-0.1, -0.05) is 17.7 Å². The third-order valence-electron chi connectivity index (χ3n) is 5.08. The number of imidazole rings is 1. The summed E-state index contributed by atoms with van der Waals surface area (Å²) in [5.74, 6) is -0.573. The summed E-state index contributed by atoms with van der Waals surface area (Å²) in [5.41, 5.74) is -0.922. The Morgan fingerprint density at radius 3 is 2.56 bits per heavy atom. The lowest BCUT2D eigenvalue weighted by Crippen LogP contribution is -2.39. The Balaban J connectivity index is 1.88. The van der Waals surface area contributed by atoms with Crippen LogP contribution in [0.1, 0.15) is 12.1 Å². The minimum absolute atomic E-state index is 0.00508. The van der Waals surface area contributed by atoms with Crippen LogP contribution >= 0.6 is 11.6 Å². The molecular weight excluding hydrogens is 507 g/mol. The van der Waals surface area contributed by atoms with Crippen molar-refractivity contribution in [1.82, 2.24) is 23.7 Å². The molecule has 0 atom stereocenters. The molecule has 3 aromatic heterocycles. The predicted octanol–water partition coefficient (Wildman–Crippen LogP) is 3.07. The van der Waals surface area contributed by atoms with Gasteiger partial charge in [0, 0.05) is 37.5 Å². The third kappa shape index (κ3) is 5.36. The highest BCUT2D eigenvalue weighted by Gasteiger charge is 2.31. The molecule has 0 saturated heterocycles. The Bertz CT molecular complexity index is 1530. The lowest BCUT2D eigenvalue weighted by Gasteiger charge is -2.12. The summed E-state index contributed by atoms with van der Waals surface area (Å²) in [5, 5.41) is 9.55. The molecule has 14 heteroatoms. The van der Waals surface area contributed by atoms with E-state index in [2.05, 4.69) is 14.7 Å². The van der Waals surface area contributed by atoms with Crippen LogP contribution in [0.5, 0.6) is 17.5 Å². The monoisotopic (exact) mass is 525 g/mol. The molecular formula is C22H19ClF3N5O5. The number of aryl methyl sites for hydroxylation is 1. The van der Waals surface area contributed by atoms with Gasteiger partial charge in [0.05, 0.1) is 12.2 Å². The van der Waals surface area contributed by atoms with Crippen molar-refractivity contribution in [2.45, 2.75) is 25.9 Å². The Morgan fingerprint density at radius 1 is 1.11 bits per heavy atom. The van der Waals surface area contributed by atoms with Gasteiger partial charge in [0.1, 0.15) is 11.5 Å².